The zero-order chi connectivity index (χ0) is 16.1. The number of hydrogen-bond acceptors (Lipinski definition) is 4. The van der Waals surface area contributed by atoms with Crippen molar-refractivity contribution in [3.63, 3.8) is 0 Å². The summed E-state index contributed by atoms with van der Waals surface area (Å²) in [7, 11) is 2.10. The molecule has 23 heavy (non-hydrogen) atoms. The van der Waals surface area contributed by atoms with Crippen LogP contribution in [0.4, 0.5) is 0 Å². The van der Waals surface area contributed by atoms with E-state index in [1.165, 1.54) is 5.56 Å². The zero-order valence-corrected chi connectivity index (χ0v) is 13.0. The van der Waals surface area contributed by atoms with Crippen LogP contribution in [-0.4, -0.2) is 53.7 Å². The van der Waals surface area contributed by atoms with Gasteiger partial charge in [-0.25, -0.2) is 0 Å². The second kappa shape index (κ2) is 5.16. The summed E-state index contributed by atoms with van der Waals surface area (Å²) in [6.45, 7) is 2.55. The smallest absolute Gasteiger partial charge is 0.255 e. The maximum absolute atomic E-state index is 12.6. The molecule has 3 aliphatic heterocycles. The molecular weight excluding hydrogens is 294 g/mol. The van der Waals surface area contributed by atoms with Gasteiger partial charge in [-0.1, -0.05) is 12.1 Å². The number of imide groups is 1. The third-order valence-electron chi connectivity index (χ3n) is 5.08. The van der Waals surface area contributed by atoms with Gasteiger partial charge < -0.3 is 9.80 Å². The Balaban J connectivity index is 1.55. The van der Waals surface area contributed by atoms with E-state index in [-0.39, 0.29) is 24.1 Å². The minimum absolute atomic E-state index is 0.105. The predicted molar refractivity (Wildman–Crippen MR) is 82.7 cm³/mol. The van der Waals surface area contributed by atoms with Crippen LogP contribution in [0.25, 0.3) is 0 Å². The van der Waals surface area contributed by atoms with Gasteiger partial charge >= 0.3 is 0 Å². The lowest BCUT2D eigenvalue weighted by Crippen LogP contribution is -2.52. The summed E-state index contributed by atoms with van der Waals surface area (Å²) in [5, 5.41) is 2.33. The third-order valence-corrected chi connectivity index (χ3v) is 5.08. The van der Waals surface area contributed by atoms with Gasteiger partial charge in [-0.05, 0) is 30.7 Å². The van der Waals surface area contributed by atoms with E-state index in [9.17, 15) is 14.4 Å². The van der Waals surface area contributed by atoms with Gasteiger partial charge in [-0.3, -0.25) is 19.7 Å². The van der Waals surface area contributed by atoms with Gasteiger partial charge in [0.05, 0.1) is 0 Å². The molecule has 0 radical (unpaired) electrons. The molecule has 2 fully saturated rings. The van der Waals surface area contributed by atoms with E-state index in [1.807, 2.05) is 12.1 Å². The Morgan fingerprint density at radius 3 is 2.65 bits per heavy atom. The summed E-state index contributed by atoms with van der Waals surface area (Å²) in [5.74, 6) is -0.188. The highest BCUT2D eigenvalue weighted by atomic mass is 16.2. The van der Waals surface area contributed by atoms with Crippen LogP contribution in [0.5, 0.6) is 0 Å². The number of piperidine rings is 1. The van der Waals surface area contributed by atoms with Crippen molar-refractivity contribution in [1.29, 1.82) is 0 Å². The third kappa shape index (κ3) is 2.34. The maximum Gasteiger partial charge on any atom is 0.255 e. The van der Waals surface area contributed by atoms with E-state index in [4.69, 9.17) is 0 Å². The van der Waals surface area contributed by atoms with Crippen molar-refractivity contribution in [2.24, 2.45) is 0 Å². The Morgan fingerprint density at radius 2 is 1.96 bits per heavy atom. The van der Waals surface area contributed by atoms with Crippen molar-refractivity contribution in [2.75, 3.05) is 20.1 Å². The number of carbonyl (C=O) groups excluding carboxylic acids is 3. The number of hydrogen-bond donors (Lipinski definition) is 1. The number of carbonyl (C=O) groups is 3. The summed E-state index contributed by atoms with van der Waals surface area (Å²) in [6.07, 6.45) is 0.695. The maximum atomic E-state index is 12.6. The lowest BCUT2D eigenvalue weighted by Gasteiger charge is -2.36. The minimum atomic E-state index is -0.536. The Hall–Kier alpha value is -2.21. The SMILES string of the molecule is CN1CC(c2ccc3c(c2)CN(C2CCC(=O)NC2=O)C3=O)C1. The van der Waals surface area contributed by atoms with E-state index < -0.39 is 6.04 Å². The normalized spacial score (nSPS) is 25.3. The van der Waals surface area contributed by atoms with Gasteiger partial charge in [0.15, 0.2) is 0 Å². The number of rotatable bonds is 2. The molecule has 3 amide bonds. The predicted octanol–water partition coefficient (Wildman–Crippen LogP) is 0.477. The van der Waals surface area contributed by atoms with Gasteiger partial charge in [-0.2, -0.15) is 0 Å². The number of benzene rings is 1. The average molecular weight is 313 g/mol. The van der Waals surface area contributed by atoms with Crippen LogP contribution in [0.3, 0.4) is 0 Å². The molecule has 0 aromatic heterocycles. The molecule has 1 atom stereocenters. The highest BCUT2D eigenvalue weighted by molar-refractivity contribution is 6.05. The molecule has 4 rings (SSSR count). The Morgan fingerprint density at radius 1 is 1.17 bits per heavy atom. The van der Waals surface area contributed by atoms with Crippen LogP contribution in [0.15, 0.2) is 18.2 Å². The molecule has 2 saturated heterocycles. The van der Waals surface area contributed by atoms with Gasteiger partial charge in [0.1, 0.15) is 6.04 Å². The van der Waals surface area contributed by atoms with Crippen LogP contribution in [0, 0.1) is 0 Å². The lowest BCUT2D eigenvalue weighted by molar-refractivity contribution is -0.136. The summed E-state index contributed by atoms with van der Waals surface area (Å²) in [6, 6.07) is 5.49. The topological polar surface area (TPSA) is 69.7 Å². The molecule has 0 bridgehead atoms. The molecule has 1 N–H and O–H groups in total. The average Bonchev–Trinajstić information content (AvgIpc) is 2.80. The molecule has 120 valence electrons. The van der Waals surface area contributed by atoms with E-state index in [2.05, 4.69) is 23.3 Å². The van der Waals surface area contributed by atoms with E-state index in [0.29, 0.717) is 24.4 Å². The van der Waals surface area contributed by atoms with Crippen LogP contribution in [0.2, 0.25) is 0 Å². The lowest BCUT2D eigenvalue weighted by atomic mass is 9.90. The Bertz CT molecular complexity index is 709. The van der Waals surface area contributed by atoms with Crippen LogP contribution in [-0.2, 0) is 16.1 Å². The Kier molecular flexibility index (Phi) is 3.23. The van der Waals surface area contributed by atoms with Crippen molar-refractivity contribution in [3.05, 3.63) is 34.9 Å². The fourth-order valence-electron chi connectivity index (χ4n) is 3.76. The van der Waals surface area contributed by atoms with Crippen LogP contribution < -0.4 is 5.32 Å². The van der Waals surface area contributed by atoms with E-state index in [0.717, 1.165) is 18.7 Å². The van der Waals surface area contributed by atoms with Crippen molar-refractivity contribution in [2.45, 2.75) is 31.3 Å². The van der Waals surface area contributed by atoms with Crippen LogP contribution in [0.1, 0.15) is 40.2 Å². The number of amides is 3. The Labute approximate surface area is 134 Å². The molecule has 0 aliphatic carbocycles. The first-order valence-electron chi connectivity index (χ1n) is 7.99. The fourth-order valence-corrected chi connectivity index (χ4v) is 3.76. The molecule has 6 nitrogen and oxygen atoms in total. The summed E-state index contributed by atoms with van der Waals surface area (Å²) < 4.78 is 0. The number of nitrogens with zero attached hydrogens (tertiary/aromatic N) is 2. The van der Waals surface area contributed by atoms with Crippen molar-refractivity contribution in [3.8, 4) is 0 Å². The minimum Gasteiger partial charge on any atom is -0.322 e. The van der Waals surface area contributed by atoms with Crippen molar-refractivity contribution in [1.82, 2.24) is 15.1 Å². The highest BCUT2D eigenvalue weighted by Crippen LogP contribution is 2.32. The first-order chi connectivity index (χ1) is 11.0. The largest absolute Gasteiger partial charge is 0.322 e. The number of likely N-dealkylation sites (N-methyl/N-ethyl adjacent to an activating group) is 1. The molecule has 3 heterocycles. The quantitative estimate of drug-likeness (QED) is 0.806. The second-order valence-electron chi connectivity index (χ2n) is 6.73. The van der Waals surface area contributed by atoms with Crippen LogP contribution >= 0.6 is 0 Å². The number of nitrogens with one attached hydrogen (secondary N) is 1. The fraction of sp³-hybridized carbons (Fsp3) is 0.471. The van der Waals surface area contributed by atoms with Crippen molar-refractivity contribution < 1.29 is 14.4 Å². The zero-order valence-electron chi connectivity index (χ0n) is 13.0. The van der Waals surface area contributed by atoms with E-state index >= 15 is 0 Å². The number of likely N-dealkylation sites (tertiary alicyclic amines) is 1. The second-order valence-corrected chi connectivity index (χ2v) is 6.73. The molecule has 0 spiro atoms. The molecular formula is C17H19N3O3. The van der Waals surface area contributed by atoms with Gasteiger partial charge in [0.25, 0.3) is 5.91 Å². The van der Waals surface area contributed by atoms with Gasteiger partial charge in [0.2, 0.25) is 11.8 Å². The molecule has 1 unspecified atom stereocenters. The highest BCUT2D eigenvalue weighted by Gasteiger charge is 2.39. The van der Waals surface area contributed by atoms with Gasteiger partial charge in [0, 0.05) is 37.5 Å². The van der Waals surface area contributed by atoms with Gasteiger partial charge in [-0.15, -0.1) is 0 Å². The summed E-state index contributed by atoms with van der Waals surface area (Å²) in [4.78, 5) is 39.8. The first-order valence-corrected chi connectivity index (χ1v) is 7.99. The van der Waals surface area contributed by atoms with E-state index in [1.54, 1.807) is 4.90 Å². The molecule has 3 aliphatic rings. The monoisotopic (exact) mass is 313 g/mol. The first kappa shape index (κ1) is 14.4. The molecule has 0 saturated carbocycles. The molecule has 6 heteroatoms. The number of fused-ring (bicyclic) bond motifs is 1. The standard InChI is InChI=1S/C17H19N3O3/c1-19-7-12(8-19)10-2-3-13-11(6-10)9-20(17(13)23)14-4-5-15(21)18-16(14)22/h2-3,6,12,14H,4-5,7-9H2,1H3,(H,18,21,22). The molecule has 1 aromatic carbocycles. The van der Waals surface area contributed by atoms with Crippen molar-refractivity contribution >= 4 is 17.7 Å². The summed E-state index contributed by atoms with van der Waals surface area (Å²) >= 11 is 0. The molecule has 1 aromatic rings. The summed E-state index contributed by atoms with van der Waals surface area (Å²) in [5.41, 5.74) is 2.94.